The summed E-state index contributed by atoms with van der Waals surface area (Å²) in [7, 11) is 0. The van der Waals surface area contributed by atoms with Crippen molar-refractivity contribution >= 4 is 0 Å². The Morgan fingerprint density at radius 2 is 1.53 bits per heavy atom. The second-order valence-corrected chi connectivity index (χ2v) is 5.12. The predicted octanol–water partition coefficient (Wildman–Crippen LogP) is 4.28. The molecule has 0 aromatic heterocycles. The molecule has 1 N–H and O–H groups in total. The van der Waals surface area contributed by atoms with Crippen LogP contribution in [0.5, 0.6) is 0 Å². The molecule has 0 spiro atoms. The third-order valence-corrected chi connectivity index (χ3v) is 3.35. The first-order valence-corrected chi connectivity index (χ1v) is 7.17. The van der Waals surface area contributed by atoms with Crippen molar-refractivity contribution in [3.63, 3.8) is 0 Å². The van der Waals surface area contributed by atoms with Gasteiger partial charge in [-0.05, 0) is 43.0 Å². The molecule has 2 aromatic carbocycles. The Morgan fingerprint density at radius 1 is 0.895 bits per heavy atom. The average molecular weight is 253 g/mol. The monoisotopic (exact) mass is 253 g/mol. The molecule has 0 heterocycles. The summed E-state index contributed by atoms with van der Waals surface area (Å²) in [4.78, 5) is 0. The van der Waals surface area contributed by atoms with Crippen molar-refractivity contribution in [3.8, 4) is 11.1 Å². The molecule has 19 heavy (non-hydrogen) atoms. The van der Waals surface area contributed by atoms with Crippen LogP contribution >= 0.6 is 0 Å². The van der Waals surface area contributed by atoms with Gasteiger partial charge in [-0.15, -0.1) is 0 Å². The molecule has 0 amide bonds. The first kappa shape index (κ1) is 13.8. The first-order chi connectivity index (χ1) is 9.29. The van der Waals surface area contributed by atoms with Crippen molar-refractivity contribution in [2.75, 3.05) is 6.54 Å². The molecule has 1 atom stereocenters. The van der Waals surface area contributed by atoms with E-state index < -0.39 is 0 Å². The summed E-state index contributed by atoms with van der Waals surface area (Å²) < 4.78 is 0. The molecule has 0 aliphatic carbocycles. The lowest BCUT2D eigenvalue weighted by molar-refractivity contribution is 0.543. The Balaban J connectivity index is 1.99. The lowest BCUT2D eigenvalue weighted by atomic mass is 10.0. The molecule has 1 nitrogen and oxygen atoms in total. The number of nitrogens with one attached hydrogen (secondary N) is 1. The summed E-state index contributed by atoms with van der Waals surface area (Å²) in [6, 6.07) is 20.0. The van der Waals surface area contributed by atoms with Crippen molar-refractivity contribution in [2.45, 2.75) is 32.7 Å². The molecular formula is C18H23N. The van der Waals surface area contributed by atoms with E-state index in [1.165, 1.54) is 23.1 Å². The van der Waals surface area contributed by atoms with E-state index in [2.05, 4.69) is 73.8 Å². The smallest absolute Gasteiger partial charge is 0.00791 e. The summed E-state index contributed by atoms with van der Waals surface area (Å²) in [5, 5.41) is 3.53. The molecule has 0 aliphatic rings. The van der Waals surface area contributed by atoms with E-state index in [4.69, 9.17) is 0 Å². The lowest BCUT2D eigenvalue weighted by Crippen LogP contribution is -2.28. The largest absolute Gasteiger partial charge is 0.314 e. The van der Waals surface area contributed by atoms with Gasteiger partial charge in [0.1, 0.15) is 0 Å². The maximum absolute atomic E-state index is 3.53. The molecule has 0 radical (unpaired) electrons. The van der Waals surface area contributed by atoms with Crippen LogP contribution in [0.3, 0.4) is 0 Å². The summed E-state index contributed by atoms with van der Waals surface area (Å²) in [5.41, 5.74) is 3.97. The Bertz CT molecular complexity index is 473. The van der Waals surface area contributed by atoms with Crippen LogP contribution in [0.1, 0.15) is 25.8 Å². The second kappa shape index (κ2) is 7.10. The molecule has 100 valence electrons. The third kappa shape index (κ3) is 4.22. The zero-order valence-corrected chi connectivity index (χ0v) is 11.9. The molecular weight excluding hydrogens is 230 g/mol. The molecule has 2 rings (SSSR count). The minimum absolute atomic E-state index is 0.544. The normalized spacial score (nSPS) is 12.3. The predicted molar refractivity (Wildman–Crippen MR) is 83.3 cm³/mol. The van der Waals surface area contributed by atoms with Crippen molar-refractivity contribution in [1.82, 2.24) is 5.32 Å². The van der Waals surface area contributed by atoms with E-state index in [-0.39, 0.29) is 0 Å². The zero-order chi connectivity index (χ0) is 13.5. The Labute approximate surface area is 116 Å². The summed E-state index contributed by atoms with van der Waals surface area (Å²) in [5.74, 6) is 0. The van der Waals surface area contributed by atoms with Crippen LogP contribution in [-0.4, -0.2) is 12.6 Å². The number of hydrogen-bond donors (Lipinski definition) is 1. The van der Waals surface area contributed by atoms with E-state index in [0.717, 1.165) is 13.0 Å². The van der Waals surface area contributed by atoms with E-state index in [1.54, 1.807) is 0 Å². The standard InChI is InChI=1S/C18H23N/c1-3-13-19-15(2)14-16-9-11-18(12-10-16)17-7-5-4-6-8-17/h4-12,15,19H,3,13-14H2,1-2H3. The number of benzene rings is 2. The molecule has 2 aromatic rings. The Morgan fingerprint density at radius 3 is 2.16 bits per heavy atom. The van der Waals surface area contributed by atoms with Crippen molar-refractivity contribution in [2.24, 2.45) is 0 Å². The fourth-order valence-electron chi connectivity index (χ4n) is 2.28. The molecule has 0 fully saturated rings. The van der Waals surface area contributed by atoms with Crippen LogP contribution < -0.4 is 5.32 Å². The van der Waals surface area contributed by atoms with Crippen LogP contribution in [0.25, 0.3) is 11.1 Å². The highest BCUT2D eigenvalue weighted by atomic mass is 14.9. The number of rotatable bonds is 6. The number of hydrogen-bond acceptors (Lipinski definition) is 1. The van der Waals surface area contributed by atoms with Gasteiger partial charge >= 0.3 is 0 Å². The topological polar surface area (TPSA) is 12.0 Å². The highest BCUT2D eigenvalue weighted by molar-refractivity contribution is 5.63. The minimum atomic E-state index is 0.544. The molecule has 1 unspecified atom stereocenters. The highest BCUT2D eigenvalue weighted by Crippen LogP contribution is 2.19. The van der Waals surface area contributed by atoms with Gasteiger partial charge < -0.3 is 5.32 Å². The van der Waals surface area contributed by atoms with Gasteiger partial charge in [0.05, 0.1) is 0 Å². The van der Waals surface area contributed by atoms with E-state index in [9.17, 15) is 0 Å². The van der Waals surface area contributed by atoms with E-state index in [1.807, 2.05) is 0 Å². The maximum atomic E-state index is 3.53. The van der Waals surface area contributed by atoms with Gasteiger partial charge in [0.15, 0.2) is 0 Å². The Kier molecular flexibility index (Phi) is 5.17. The molecule has 0 bridgehead atoms. The third-order valence-electron chi connectivity index (χ3n) is 3.35. The maximum Gasteiger partial charge on any atom is 0.00791 e. The Hall–Kier alpha value is -1.60. The molecule has 0 aliphatic heterocycles. The van der Waals surface area contributed by atoms with Gasteiger partial charge in [-0.1, -0.05) is 61.5 Å². The van der Waals surface area contributed by atoms with Gasteiger partial charge in [-0.3, -0.25) is 0 Å². The summed E-state index contributed by atoms with van der Waals surface area (Å²) in [6.07, 6.45) is 2.28. The molecule has 0 saturated carbocycles. The van der Waals surface area contributed by atoms with E-state index >= 15 is 0 Å². The van der Waals surface area contributed by atoms with Crippen LogP contribution in [0.2, 0.25) is 0 Å². The van der Waals surface area contributed by atoms with Gasteiger partial charge in [-0.25, -0.2) is 0 Å². The first-order valence-electron chi connectivity index (χ1n) is 7.17. The highest BCUT2D eigenvalue weighted by Gasteiger charge is 2.03. The van der Waals surface area contributed by atoms with Crippen molar-refractivity contribution in [1.29, 1.82) is 0 Å². The SMILES string of the molecule is CCCNC(C)Cc1ccc(-c2ccccc2)cc1. The summed E-state index contributed by atoms with van der Waals surface area (Å²) in [6.45, 7) is 5.55. The molecule has 0 saturated heterocycles. The van der Waals surface area contributed by atoms with Crippen LogP contribution in [0.15, 0.2) is 54.6 Å². The van der Waals surface area contributed by atoms with Gasteiger partial charge in [0, 0.05) is 6.04 Å². The average Bonchev–Trinajstić information content (AvgIpc) is 2.47. The molecule has 1 heteroatoms. The zero-order valence-electron chi connectivity index (χ0n) is 11.9. The minimum Gasteiger partial charge on any atom is -0.314 e. The van der Waals surface area contributed by atoms with Gasteiger partial charge in [0.25, 0.3) is 0 Å². The quantitative estimate of drug-likeness (QED) is 0.810. The van der Waals surface area contributed by atoms with Crippen molar-refractivity contribution < 1.29 is 0 Å². The fourth-order valence-corrected chi connectivity index (χ4v) is 2.28. The lowest BCUT2D eigenvalue weighted by Gasteiger charge is -2.13. The van der Waals surface area contributed by atoms with Crippen LogP contribution in [-0.2, 0) is 6.42 Å². The van der Waals surface area contributed by atoms with Crippen LogP contribution in [0.4, 0.5) is 0 Å². The van der Waals surface area contributed by atoms with Gasteiger partial charge in [-0.2, -0.15) is 0 Å². The van der Waals surface area contributed by atoms with Crippen LogP contribution in [0, 0.1) is 0 Å². The van der Waals surface area contributed by atoms with Gasteiger partial charge in [0.2, 0.25) is 0 Å². The summed E-state index contributed by atoms with van der Waals surface area (Å²) >= 11 is 0. The second-order valence-electron chi connectivity index (χ2n) is 5.12. The fraction of sp³-hybridized carbons (Fsp3) is 0.333. The van der Waals surface area contributed by atoms with E-state index in [0.29, 0.717) is 6.04 Å². The van der Waals surface area contributed by atoms with Crippen molar-refractivity contribution in [3.05, 3.63) is 60.2 Å².